The summed E-state index contributed by atoms with van der Waals surface area (Å²) in [5.74, 6) is -0.152. The molecule has 1 atom stereocenters. The van der Waals surface area contributed by atoms with Gasteiger partial charge in [-0.05, 0) is 76.4 Å². The molecule has 0 radical (unpaired) electrons. The third-order valence-electron chi connectivity index (χ3n) is 7.09. The quantitative estimate of drug-likeness (QED) is 0.271. The zero-order valence-electron chi connectivity index (χ0n) is 22.5. The molecule has 2 heterocycles. The summed E-state index contributed by atoms with van der Waals surface area (Å²) in [5, 5.41) is 7.51. The second-order valence-electron chi connectivity index (χ2n) is 11.0. The van der Waals surface area contributed by atoms with Crippen LogP contribution >= 0.6 is 0 Å². The normalized spacial score (nSPS) is 15.5. The number of aromatic nitrogens is 3. The van der Waals surface area contributed by atoms with Gasteiger partial charge in [-0.25, -0.2) is 13.4 Å². The number of hydrogen-bond donors (Lipinski definition) is 2. The maximum absolute atomic E-state index is 15.3. The van der Waals surface area contributed by atoms with Gasteiger partial charge in [0.25, 0.3) is 0 Å². The molecule has 204 valence electrons. The molecular formula is C29H32FN5O3S. The van der Waals surface area contributed by atoms with Crippen LogP contribution < -0.4 is 10.1 Å². The summed E-state index contributed by atoms with van der Waals surface area (Å²) in [7, 11) is -2.93. The first-order valence-electron chi connectivity index (χ1n) is 12.9. The van der Waals surface area contributed by atoms with E-state index in [1.807, 2.05) is 20.8 Å². The molecule has 0 saturated heterocycles. The number of pyridine rings is 1. The highest BCUT2D eigenvalue weighted by Crippen LogP contribution is 2.36. The Bertz CT molecular complexity index is 1670. The lowest BCUT2D eigenvalue weighted by Gasteiger charge is -2.27. The molecule has 2 N–H and O–H groups in total. The lowest BCUT2D eigenvalue weighted by atomic mass is 10.00. The Kier molecular flexibility index (Phi) is 6.92. The summed E-state index contributed by atoms with van der Waals surface area (Å²) in [6.07, 6.45) is 7.33. The van der Waals surface area contributed by atoms with E-state index in [9.17, 15) is 9.00 Å². The molecule has 0 aliphatic heterocycles. The van der Waals surface area contributed by atoms with E-state index in [-0.39, 0.29) is 34.2 Å². The van der Waals surface area contributed by atoms with Gasteiger partial charge < -0.3 is 10.1 Å². The minimum Gasteiger partial charge on any atom is -0.456 e. The van der Waals surface area contributed by atoms with Crippen LogP contribution in [0, 0.1) is 17.5 Å². The van der Waals surface area contributed by atoms with Crippen molar-refractivity contribution in [1.29, 1.82) is 4.78 Å². The van der Waals surface area contributed by atoms with E-state index >= 15 is 4.39 Å². The molecule has 1 unspecified atom stereocenters. The van der Waals surface area contributed by atoms with E-state index in [4.69, 9.17) is 9.52 Å². The number of benzene rings is 2. The molecule has 39 heavy (non-hydrogen) atoms. The molecule has 1 aliphatic rings. The molecule has 0 spiro atoms. The van der Waals surface area contributed by atoms with Crippen LogP contribution in [0.5, 0.6) is 11.5 Å². The van der Waals surface area contributed by atoms with Crippen molar-refractivity contribution in [3.8, 4) is 11.5 Å². The van der Waals surface area contributed by atoms with Crippen LogP contribution in [0.3, 0.4) is 0 Å². The summed E-state index contributed by atoms with van der Waals surface area (Å²) in [6.45, 7) is 7.61. The predicted octanol–water partition coefficient (Wildman–Crippen LogP) is 6.57. The van der Waals surface area contributed by atoms with Crippen molar-refractivity contribution >= 4 is 32.2 Å². The maximum Gasteiger partial charge on any atom is 0.228 e. The van der Waals surface area contributed by atoms with Crippen LogP contribution in [0.2, 0.25) is 0 Å². The third-order valence-corrected chi connectivity index (χ3v) is 9.45. The van der Waals surface area contributed by atoms with Crippen molar-refractivity contribution in [2.75, 3.05) is 5.32 Å². The first-order chi connectivity index (χ1) is 18.4. The number of halogens is 1. The molecule has 0 bridgehead atoms. The van der Waals surface area contributed by atoms with Gasteiger partial charge in [0.15, 0.2) is 0 Å². The predicted molar refractivity (Wildman–Crippen MR) is 149 cm³/mol. The van der Waals surface area contributed by atoms with Gasteiger partial charge in [0.05, 0.1) is 39.1 Å². The van der Waals surface area contributed by atoms with Crippen molar-refractivity contribution in [2.45, 2.75) is 69.1 Å². The average Bonchev–Trinajstić information content (AvgIpc) is 3.31. The zero-order chi connectivity index (χ0) is 27.9. The summed E-state index contributed by atoms with van der Waals surface area (Å²) in [6, 6.07) is 9.99. The number of amides is 1. The fourth-order valence-corrected chi connectivity index (χ4v) is 6.44. The molecule has 2 aromatic heterocycles. The van der Waals surface area contributed by atoms with Crippen molar-refractivity contribution in [1.82, 2.24) is 14.8 Å². The van der Waals surface area contributed by atoms with Gasteiger partial charge in [-0.3, -0.25) is 14.5 Å². The first-order valence-corrected chi connectivity index (χ1v) is 14.5. The fraction of sp³-hybridized carbons (Fsp3) is 0.345. The monoisotopic (exact) mass is 549 g/mol. The van der Waals surface area contributed by atoms with E-state index in [1.165, 1.54) is 6.07 Å². The topological polar surface area (TPSA) is 110 Å². The van der Waals surface area contributed by atoms with Crippen LogP contribution in [0.15, 0.2) is 59.9 Å². The highest BCUT2D eigenvalue weighted by atomic mass is 32.2. The molecular weight excluding hydrogens is 517 g/mol. The van der Waals surface area contributed by atoms with E-state index in [0.29, 0.717) is 33.0 Å². The van der Waals surface area contributed by atoms with E-state index in [1.54, 1.807) is 60.5 Å². The molecule has 1 fully saturated rings. The molecule has 1 aliphatic carbocycles. The Morgan fingerprint density at radius 1 is 1.21 bits per heavy atom. The number of hydrogen-bond acceptors (Lipinski definition) is 6. The lowest BCUT2D eigenvalue weighted by molar-refractivity contribution is -0.115. The first kappa shape index (κ1) is 26.8. The van der Waals surface area contributed by atoms with Crippen molar-refractivity contribution in [3.63, 3.8) is 0 Å². The molecule has 8 nitrogen and oxygen atoms in total. The minimum atomic E-state index is -2.93. The van der Waals surface area contributed by atoms with Crippen LogP contribution in [0.4, 0.5) is 10.1 Å². The van der Waals surface area contributed by atoms with Gasteiger partial charge in [-0.2, -0.15) is 5.10 Å². The lowest BCUT2D eigenvalue weighted by Crippen LogP contribution is -2.27. The fourth-order valence-electron chi connectivity index (χ4n) is 4.49. The highest BCUT2D eigenvalue weighted by Gasteiger charge is 2.30. The average molecular weight is 550 g/mol. The minimum absolute atomic E-state index is 0.133. The number of fused-ring (bicyclic) bond motifs is 1. The van der Waals surface area contributed by atoms with Gasteiger partial charge in [-0.1, -0.05) is 12.5 Å². The van der Waals surface area contributed by atoms with E-state index < -0.39 is 15.5 Å². The molecule has 2 aromatic carbocycles. The number of nitrogens with one attached hydrogen (secondary N) is 2. The largest absolute Gasteiger partial charge is 0.456 e. The Morgan fingerprint density at radius 2 is 1.97 bits per heavy atom. The van der Waals surface area contributed by atoms with Gasteiger partial charge >= 0.3 is 0 Å². The molecule has 4 aromatic rings. The Balaban J connectivity index is 1.36. The van der Waals surface area contributed by atoms with E-state index in [0.717, 1.165) is 19.3 Å². The van der Waals surface area contributed by atoms with Gasteiger partial charge in [0.2, 0.25) is 5.91 Å². The molecule has 1 amide bonds. The number of nitrogens with zero attached hydrogens (tertiary/aromatic N) is 3. The number of anilines is 1. The summed E-state index contributed by atoms with van der Waals surface area (Å²) < 4.78 is 44.9. The van der Waals surface area contributed by atoms with Crippen LogP contribution in [0.1, 0.15) is 51.2 Å². The Hall–Kier alpha value is -3.79. The van der Waals surface area contributed by atoms with Crippen molar-refractivity contribution in [3.05, 3.63) is 71.9 Å². The van der Waals surface area contributed by atoms with E-state index in [2.05, 4.69) is 15.4 Å². The number of ether oxygens (including phenoxy) is 1. The van der Waals surface area contributed by atoms with Crippen LogP contribution in [-0.4, -0.2) is 30.1 Å². The molecule has 5 rings (SSSR count). The molecule has 10 heteroatoms. The maximum atomic E-state index is 15.3. The van der Waals surface area contributed by atoms with Crippen LogP contribution in [-0.2, 0) is 26.5 Å². The zero-order valence-corrected chi connectivity index (χ0v) is 23.3. The van der Waals surface area contributed by atoms with Gasteiger partial charge in [0.1, 0.15) is 17.3 Å². The number of rotatable bonds is 7. The number of carbonyl (C=O) groups excluding carboxylic acids is 1. The van der Waals surface area contributed by atoms with Gasteiger partial charge in [0, 0.05) is 33.5 Å². The summed E-state index contributed by atoms with van der Waals surface area (Å²) in [5.41, 5.74) is 1.46. The Morgan fingerprint density at radius 3 is 2.64 bits per heavy atom. The van der Waals surface area contributed by atoms with Crippen molar-refractivity contribution < 1.29 is 18.1 Å². The van der Waals surface area contributed by atoms with Gasteiger partial charge in [-0.15, -0.1) is 0 Å². The smallest absolute Gasteiger partial charge is 0.228 e. The molecule has 1 saturated carbocycles. The SMILES string of the molecule is Cc1c(Oc2ccnc3ccc(S(=N)(=O)C4CCC4)cc23)ccc(CC(=O)Nc2cnn(C(C)(C)C)c2)c1F. The second kappa shape index (κ2) is 10.1. The highest BCUT2D eigenvalue weighted by molar-refractivity contribution is 7.93. The summed E-state index contributed by atoms with van der Waals surface area (Å²) >= 11 is 0. The second-order valence-corrected chi connectivity index (χ2v) is 13.3. The standard InChI is InChI=1S/C29H32FN5O3S/c1-18-25(11-8-19(28(18)30)14-27(36)34-20-16-33-35(17-20)29(2,3)4)38-26-12-13-32-24-10-9-22(15-23(24)26)39(31,37)21-6-5-7-21/h8-13,15-17,21,31H,5-7,14H2,1-4H3,(H,34,36). The van der Waals surface area contributed by atoms with Crippen LogP contribution in [0.25, 0.3) is 10.9 Å². The number of carbonyl (C=O) groups is 1. The summed E-state index contributed by atoms with van der Waals surface area (Å²) in [4.78, 5) is 17.4. The van der Waals surface area contributed by atoms with Crippen molar-refractivity contribution in [2.24, 2.45) is 0 Å². The third kappa shape index (κ3) is 5.38. The Labute approximate surface area is 227 Å².